The third kappa shape index (κ3) is 17.1. The van der Waals surface area contributed by atoms with Crippen molar-refractivity contribution < 1.29 is 17.5 Å². The lowest BCUT2D eigenvalue weighted by atomic mass is 10.1. The first-order valence-electron chi connectivity index (χ1n) is 10.6. The monoisotopic (exact) mass is 377 g/mol. The minimum absolute atomic E-state index is 0.604. The molecule has 1 aliphatic rings. The predicted molar refractivity (Wildman–Crippen MR) is 107 cm³/mol. The Kier molecular flexibility index (Phi) is 14.9. The molecule has 152 valence electrons. The second-order valence-electron chi connectivity index (χ2n) is 7.83. The maximum Gasteiger partial charge on any atom is 0.0916 e. The van der Waals surface area contributed by atoms with E-state index in [0.717, 1.165) is 0 Å². The molecule has 5 heteroatoms. The number of hydrogen-bond acceptors (Lipinski definition) is 3. The van der Waals surface area contributed by atoms with Crippen molar-refractivity contribution in [2.24, 2.45) is 0 Å². The van der Waals surface area contributed by atoms with E-state index in [9.17, 15) is 0 Å². The number of quaternary nitrogens is 1. The highest BCUT2D eigenvalue weighted by Gasteiger charge is 2.29. The molecule has 0 aromatic heterocycles. The Morgan fingerprint density at radius 2 is 1.12 bits per heavy atom. The Morgan fingerprint density at radius 3 is 1.52 bits per heavy atom. The zero-order valence-electron chi connectivity index (χ0n) is 17.1. The second-order valence-corrected chi connectivity index (χ2v) is 9.24. The Labute approximate surface area is 157 Å². The van der Waals surface area contributed by atoms with Crippen molar-refractivity contribution in [3.05, 3.63) is 0 Å². The second kappa shape index (κ2) is 15.0. The molecular formula is C20H43NO3S. The Hall–Kier alpha value is -0.130. The van der Waals surface area contributed by atoms with Crippen molar-refractivity contribution in [1.29, 1.82) is 0 Å². The molecule has 0 spiro atoms. The van der Waals surface area contributed by atoms with Crippen molar-refractivity contribution in [3.8, 4) is 0 Å². The molecule has 0 atom stereocenters. The van der Waals surface area contributed by atoms with E-state index in [4.69, 9.17) is 13.0 Å². The zero-order chi connectivity index (χ0) is 19.0. The van der Waals surface area contributed by atoms with Gasteiger partial charge in [-0.1, -0.05) is 65.2 Å². The molecule has 0 bridgehead atoms. The molecule has 25 heavy (non-hydrogen) atoms. The zero-order valence-corrected chi connectivity index (χ0v) is 17.9. The molecule has 0 aliphatic carbocycles. The molecule has 1 aliphatic heterocycles. The van der Waals surface area contributed by atoms with Crippen LogP contribution in [0.1, 0.15) is 97.3 Å². The normalized spacial score (nSPS) is 16.5. The van der Waals surface area contributed by atoms with Gasteiger partial charge in [-0.15, -0.1) is 0 Å². The molecular weight excluding hydrogens is 334 g/mol. The van der Waals surface area contributed by atoms with E-state index in [-0.39, 0.29) is 0 Å². The van der Waals surface area contributed by atoms with Gasteiger partial charge >= 0.3 is 0 Å². The number of unbranched alkanes of at least 4 members (excludes halogenated alkanes) is 9. The summed E-state index contributed by atoms with van der Waals surface area (Å²) in [6.07, 6.45) is 19.6. The summed E-state index contributed by atoms with van der Waals surface area (Å²) in [4.78, 5) is 0. The summed E-state index contributed by atoms with van der Waals surface area (Å²) in [5.41, 5.74) is 0. The summed E-state index contributed by atoms with van der Waals surface area (Å²) in [5.74, 6) is 0. The molecule has 0 unspecified atom stereocenters. The van der Waals surface area contributed by atoms with E-state index in [1.54, 1.807) is 0 Å². The maximum atomic E-state index is 9.08. The number of hydrogen-bond donors (Lipinski definition) is 0. The van der Waals surface area contributed by atoms with Crippen molar-refractivity contribution in [3.63, 3.8) is 0 Å². The van der Waals surface area contributed by atoms with Gasteiger partial charge in [0.05, 0.1) is 36.3 Å². The van der Waals surface area contributed by atoms with Crippen LogP contribution in [0.3, 0.4) is 0 Å². The van der Waals surface area contributed by atoms with Gasteiger partial charge in [0.15, 0.2) is 0 Å². The highest BCUT2D eigenvalue weighted by atomic mass is 32.2. The highest BCUT2D eigenvalue weighted by Crippen LogP contribution is 2.21. The van der Waals surface area contributed by atoms with Gasteiger partial charge in [-0.05, 0) is 19.3 Å². The summed E-state index contributed by atoms with van der Waals surface area (Å²) in [6.45, 7) is 10.5. The third-order valence-corrected chi connectivity index (χ3v) is 5.20. The van der Waals surface area contributed by atoms with Crippen LogP contribution in [-0.2, 0) is 10.1 Å². The highest BCUT2D eigenvalue weighted by molar-refractivity contribution is 7.84. The summed E-state index contributed by atoms with van der Waals surface area (Å²) in [7, 11) is -3.92. The first-order valence-corrected chi connectivity index (χ1v) is 12.4. The fourth-order valence-corrected chi connectivity index (χ4v) is 3.97. The van der Waals surface area contributed by atoms with Gasteiger partial charge in [0, 0.05) is 19.1 Å². The maximum absolute atomic E-state index is 9.08. The van der Waals surface area contributed by atoms with Crippen molar-refractivity contribution >= 4 is 10.1 Å². The summed E-state index contributed by atoms with van der Waals surface area (Å²) < 4.78 is 28.7. The van der Waals surface area contributed by atoms with Crippen LogP contribution < -0.4 is 0 Å². The topological polar surface area (TPSA) is 57.2 Å². The first-order chi connectivity index (χ1) is 11.8. The molecule has 1 heterocycles. The summed E-state index contributed by atoms with van der Waals surface area (Å²) in [6, 6.07) is 0. The molecule has 0 radical (unpaired) electrons. The number of nitrogens with zero attached hydrogens (tertiary/aromatic N) is 1. The number of rotatable bonds is 13. The summed E-state index contributed by atoms with van der Waals surface area (Å²) in [5, 5.41) is 0. The van der Waals surface area contributed by atoms with Crippen LogP contribution in [0.4, 0.5) is 0 Å². The van der Waals surface area contributed by atoms with E-state index in [1.807, 2.05) is 0 Å². The van der Waals surface area contributed by atoms with Crippen LogP contribution >= 0.6 is 0 Å². The lowest BCUT2D eigenvalue weighted by Gasteiger charge is -2.34. The Morgan fingerprint density at radius 1 is 0.720 bits per heavy atom. The number of likely N-dealkylation sites (tertiary alicyclic amines) is 1. The van der Waals surface area contributed by atoms with Gasteiger partial charge in [0.2, 0.25) is 0 Å². The largest absolute Gasteiger partial charge is 0.748 e. The van der Waals surface area contributed by atoms with Gasteiger partial charge in [-0.3, -0.25) is 0 Å². The van der Waals surface area contributed by atoms with E-state index in [1.165, 1.54) is 114 Å². The molecule has 0 N–H and O–H groups in total. The Balaban J connectivity index is 0.00000101. The van der Waals surface area contributed by atoms with E-state index in [0.29, 0.717) is 6.26 Å². The molecule has 0 aromatic carbocycles. The molecule has 1 saturated heterocycles. The van der Waals surface area contributed by atoms with Crippen LogP contribution in [0.2, 0.25) is 0 Å². The van der Waals surface area contributed by atoms with Crippen molar-refractivity contribution in [2.45, 2.75) is 97.3 Å². The molecule has 0 aromatic rings. The van der Waals surface area contributed by atoms with E-state index < -0.39 is 10.1 Å². The quantitative estimate of drug-likeness (QED) is 0.255. The van der Waals surface area contributed by atoms with Gasteiger partial charge in [0.1, 0.15) is 0 Å². The van der Waals surface area contributed by atoms with Crippen LogP contribution in [-0.4, -0.2) is 49.9 Å². The Bertz CT molecular complexity index is 382. The minimum atomic E-state index is -3.92. The van der Waals surface area contributed by atoms with E-state index in [2.05, 4.69) is 13.8 Å². The van der Waals surface area contributed by atoms with Crippen LogP contribution in [0.25, 0.3) is 0 Å². The SMILES string of the molecule is CCCCCCCCCCCC[N+]1(CCC)CCCC1.CS(=O)(=O)[O-]. The fraction of sp³-hybridized carbons (Fsp3) is 1.00. The lowest BCUT2D eigenvalue weighted by Crippen LogP contribution is -2.46. The van der Waals surface area contributed by atoms with Gasteiger partial charge in [-0.2, -0.15) is 0 Å². The fourth-order valence-electron chi connectivity index (χ4n) is 3.97. The average molecular weight is 378 g/mol. The van der Waals surface area contributed by atoms with Crippen molar-refractivity contribution in [2.75, 3.05) is 32.4 Å². The predicted octanol–water partition coefficient (Wildman–Crippen LogP) is 5.09. The van der Waals surface area contributed by atoms with Gasteiger partial charge in [-0.25, -0.2) is 8.42 Å². The average Bonchev–Trinajstić information content (AvgIpc) is 2.97. The standard InChI is InChI=1S/C19H40N.CH4O3S/c1-3-5-6-7-8-9-10-11-12-13-17-20(16-4-2)18-14-15-19-20;1-5(2,3)4/h3-19H2,1-2H3;1H3,(H,2,3,4)/q+1;/p-1. The summed E-state index contributed by atoms with van der Waals surface area (Å²) >= 11 is 0. The van der Waals surface area contributed by atoms with Crippen LogP contribution in [0.5, 0.6) is 0 Å². The molecule has 1 fully saturated rings. The van der Waals surface area contributed by atoms with Gasteiger partial charge in [0.25, 0.3) is 0 Å². The van der Waals surface area contributed by atoms with Crippen LogP contribution in [0, 0.1) is 0 Å². The minimum Gasteiger partial charge on any atom is -0.748 e. The lowest BCUT2D eigenvalue weighted by molar-refractivity contribution is -0.917. The molecule has 4 nitrogen and oxygen atoms in total. The molecule has 1 rings (SSSR count). The molecule has 0 amide bonds. The third-order valence-electron chi connectivity index (χ3n) is 5.20. The van der Waals surface area contributed by atoms with Crippen molar-refractivity contribution in [1.82, 2.24) is 0 Å². The smallest absolute Gasteiger partial charge is 0.0916 e. The molecule has 0 saturated carbocycles. The first kappa shape index (κ1) is 24.9. The van der Waals surface area contributed by atoms with E-state index >= 15 is 0 Å². The van der Waals surface area contributed by atoms with Crippen LogP contribution in [0.15, 0.2) is 0 Å². The van der Waals surface area contributed by atoms with Gasteiger partial charge < -0.3 is 9.04 Å².